The molecule has 182 valence electrons. The van der Waals surface area contributed by atoms with Gasteiger partial charge in [-0.3, -0.25) is 4.90 Å². The van der Waals surface area contributed by atoms with Crippen molar-refractivity contribution >= 4 is 17.3 Å². The Morgan fingerprint density at radius 3 is 2.28 bits per heavy atom. The molecule has 1 N–H and O–H groups in total. The quantitative estimate of drug-likeness (QED) is 0.332. The number of allylic oxidation sites excluding steroid dienone is 1. The van der Waals surface area contributed by atoms with E-state index in [0.29, 0.717) is 16.8 Å². The minimum Gasteiger partial charge on any atom is -0.334 e. The molecule has 2 heterocycles. The van der Waals surface area contributed by atoms with Gasteiger partial charge in [-0.2, -0.15) is 4.98 Å². The van der Waals surface area contributed by atoms with Crippen LogP contribution in [0.1, 0.15) is 49.4 Å². The molecule has 5 rings (SSSR count). The van der Waals surface area contributed by atoms with E-state index in [0.717, 1.165) is 24.1 Å². The fourth-order valence-corrected chi connectivity index (χ4v) is 4.49. The Kier molecular flexibility index (Phi) is 6.38. The highest BCUT2D eigenvalue weighted by Crippen LogP contribution is 2.39. The zero-order valence-corrected chi connectivity index (χ0v) is 20.5. The second-order valence-corrected chi connectivity index (χ2v) is 8.77. The number of carbonyl (C=O) groups is 1. The first-order valence-corrected chi connectivity index (χ1v) is 12.1. The summed E-state index contributed by atoms with van der Waals surface area (Å²) in [4.78, 5) is 19.6. The van der Waals surface area contributed by atoms with Gasteiger partial charge in [0.2, 0.25) is 5.82 Å². The van der Waals surface area contributed by atoms with Gasteiger partial charge in [-0.1, -0.05) is 67.5 Å². The van der Waals surface area contributed by atoms with Crippen LogP contribution in [0.25, 0.3) is 17.0 Å². The topological polar surface area (TPSA) is 71.3 Å². The number of urea groups is 1. The molecule has 3 aromatic carbocycles. The van der Waals surface area contributed by atoms with Gasteiger partial charge in [-0.05, 0) is 60.7 Å². The van der Waals surface area contributed by atoms with Crippen LogP contribution in [-0.2, 0) is 12.8 Å². The largest absolute Gasteiger partial charge is 0.334 e. The van der Waals surface area contributed by atoms with Crippen molar-refractivity contribution in [2.45, 2.75) is 39.7 Å². The number of anilines is 1. The third-order valence-corrected chi connectivity index (χ3v) is 6.55. The highest BCUT2D eigenvalue weighted by Gasteiger charge is 2.36. The van der Waals surface area contributed by atoms with E-state index in [1.165, 1.54) is 23.3 Å². The molecular weight excluding hydrogens is 455 g/mol. The van der Waals surface area contributed by atoms with Gasteiger partial charge in [0, 0.05) is 11.3 Å². The van der Waals surface area contributed by atoms with Crippen molar-refractivity contribution in [1.29, 1.82) is 0 Å². The minimum absolute atomic E-state index is 0.241. The summed E-state index contributed by atoms with van der Waals surface area (Å²) in [5.74, 6) is 0.168. The first kappa shape index (κ1) is 23.5. The summed E-state index contributed by atoms with van der Waals surface area (Å²) in [6.07, 6.45) is 1.83. The Bertz CT molecular complexity index is 1420. The third-order valence-electron chi connectivity index (χ3n) is 6.55. The van der Waals surface area contributed by atoms with Gasteiger partial charge in [0.25, 0.3) is 5.89 Å². The van der Waals surface area contributed by atoms with Gasteiger partial charge >= 0.3 is 6.03 Å². The molecule has 0 spiro atoms. The number of nitrogens with one attached hydrogen (secondary N) is 1. The summed E-state index contributed by atoms with van der Waals surface area (Å²) in [6.45, 7) is 6.06. The molecule has 1 aromatic heterocycles. The average molecular weight is 483 g/mol. The fourth-order valence-electron chi connectivity index (χ4n) is 4.49. The van der Waals surface area contributed by atoms with Crippen LogP contribution in [0.4, 0.5) is 14.9 Å². The van der Waals surface area contributed by atoms with Crippen LogP contribution in [0, 0.1) is 5.82 Å². The molecule has 0 radical (unpaired) electrons. The standard InChI is InChI=1S/C29H27FN4O2/c1-4-19-9-13-21(14-10-19)26-25(28-32-27(33-36-28)22-7-6-8-23(30)17-22)18(3)34(29(35)31-26)24-15-11-20(5-2)12-16-24/h6-17,26H,4-5H2,1-3H3,(H,31,35). The summed E-state index contributed by atoms with van der Waals surface area (Å²) in [6, 6.07) is 21.3. The number of aromatic nitrogens is 2. The van der Waals surface area contributed by atoms with E-state index in [-0.39, 0.29) is 23.6 Å². The van der Waals surface area contributed by atoms with Crippen LogP contribution in [0.2, 0.25) is 0 Å². The molecule has 36 heavy (non-hydrogen) atoms. The van der Waals surface area contributed by atoms with Crippen LogP contribution in [-0.4, -0.2) is 16.2 Å². The lowest BCUT2D eigenvalue weighted by Crippen LogP contribution is -2.46. The summed E-state index contributed by atoms with van der Waals surface area (Å²) in [7, 11) is 0. The molecular formula is C29H27FN4O2. The lowest BCUT2D eigenvalue weighted by molar-refractivity contribution is 0.244. The Balaban J connectivity index is 1.63. The molecule has 1 unspecified atom stereocenters. The molecule has 1 aliphatic rings. The SMILES string of the molecule is CCc1ccc(C2NC(=O)N(c3ccc(CC)cc3)C(C)=C2c2nc(-c3cccc(F)c3)no2)cc1. The van der Waals surface area contributed by atoms with Crippen molar-refractivity contribution < 1.29 is 13.7 Å². The second-order valence-electron chi connectivity index (χ2n) is 8.77. The molecule has 0 saturated carbocycles. The Labute approximate surface area is 209 Å². The number of rotatable bonds is 6. The number of amides is 2. The summed E-state index contributed by atoms with van der Waals surface area (Å²) < 4.78 is 19.5. The highest BCUT2D eigenvalue weighted by molar-refractivity contribution is 6.01. The van der Waals surface area contributed by atoms with E-state index in [4.69, 9.17) is 4.52 Å². The molecule has 7 heteroatoms. The summed E-state index contributed by atoms with van der Waals surface area (Å²) >= 11 is 0. The first-order chi connectivity index (χ1) is 17.5. The molecule has 0 bridgehead atoms. The smallest absolute Gasteiger partial charge is 0.326 e. The predicted octanol–water partition coefficient (Wildman–Crippen LogP) is 6.70. The molecule has 2 amide bonds. The van der Waals surface area contributed by atoms with E-state index < -0.39 is 6.04 Å². The molecule has 1 atom stereocenters. The Hall–Kier alpha value is -4.26. The first-order valence-electron chi connectivity index (χ1n) is 12.1. The highest BCUT2D eigenvalue weighted by atomic mass is 19.1. The van der Waals surface area contributed by atoms with Crippen molar-refractivity contribution in [1.82, 2.24) is 15.5 Å². The van der Waals surface area contributed by atoms with Gasteiger partial charge in [0.05, 0.1) is 17.3 Å². The molecule has 6 nitrogen and oxygen atoms in total. The van der Waals surface area contributed by atoms with Crippen LogP contribution < -0.4 is 10.2 Å². The van der Waals surface area contributed by atoms with E-state index in [2.05, 4.69) is 41.4 Å². The molecule has 1 aliphatic heterocycles. The maximum Gasteiger partial charge on any atom is 0.326 e. The number of hydrogen-bond acceptors (Lipinski definition) is 4. The van der Waals surface area contributed by atoms with Crippen molar-refractivity contribution in [2.24, 2.45) is 0 Å². The monoisotopic (exact) mass is 482 g/mol. The summed E-state index contributed by atoms with van der Waals surface area (Å²) in [5.41, 5.74) is 5.91. The van der Waals surface area contributed by atoms with Gasteiger partial charge in [-0.15, -0.1) is 0 Å². The maximum atomic E-state index is 13.8. The Morgan fingerprint density at radius 2 is 1.64 bits per heavy atom. The molecule has 4 aromatic rings. The van der Waals surface area contributed by atoms with E-state index in [1.54, 1.807) is 17.0 Å². The van der Waals surface area contributed by atoms with Crippen molar-refractivity contribution in [3.8, 4) is 11.4 Å². The lowest BCUT2D eigenvalue weighted by atomic mass is 9.93. The van der Waals surface area contributed by atoms with Gasteiger partial charge < -0.3 is 9.84 Å². The summed E-state index contributed by atoms with van der Waals surface area (Å²) in [5, 5.41) is 7.24. The molecule has 0 fully saturated rings. The minimum atomic E-state index is -0.490. The van der Waals surface area contributed by atoms with E-state index in [9.17, 15) is 9.18 Å². The number of benzene rings is 3. The van der Waals surface area contributed by atoms with Gasteiger partial charge in [0.1, 0.15) is 5.82 Å². The van der Waals surface area contributed by atoms with Crippen LogP contribution in [0.5, 0.6) is 0 Å². The van der Waals surface area contributed by atoms with E-state index in [1.807, 2.05) is 43.3 Å². The average Bonchev–Trinajstić information content (AvgIpc) is 3.39. The zero-order chi connectivity index (χ0) is 25.2. The molecule has 0 saturated heterocycles. The van der Waals surface area contributed by atoms with E-state index >= 15 is 0 Å². The predicted molar refractivity (Wildman–Crippen MR) is 138 cm³/mol. The van der Waals surface area contributed by atoms with Crippen molar-refractivity contribution in [2.75, 3.05) is 4.90 Å². The van der Waals surface area contributed by atoms with Crippen molar-refractivity contribution in [3.63, 3.8) is 0 Å². The molecule has 0 aliphatic carbocycles. The number of hydrogen-bond donors (Lipinski definition) is 1. The number of aryl methyl sites for hydroxylation is 2. The van der Waals surface area contributed by atoms with Gasteiger partial charge in [0.15, 0.2) is 0 Å². The second kappa shape index (κ2) is 9.77. The van der Waals surface area contributed by atoms with Crippen LogP contribution >= 0.6 is 0 Å². The third kappa shape index (κ3) is 4.40. The lowest BCUT2D eigenvalue weighted by Gasteiger charge is -2.35. The number of nitrogens with zero attached hydrogens (tertiary/aromatic N) is 3. The maximum absolute atomic E-state index is 13.8. The zero-order valence-electron chi connectivity index (χ0n) is 20.5. The van der Waals surface area contributed by atoms with Crippen LogP contribution in [0.15, 0.2) is 83.0 Å². The van der Waals surface area contributed by atoms with Gasteiger partial charge in [-0.25, -0.2) is 9.18 Å². The van der Waals surface area contributed by atoms with Crippen LogP contribution in [0.3, 0.4) is 0 Å². The van der Waals surface area contributed by atoms with Crippen molar-refractivity contribution in [3.05, 3.63) is 107 Å². The number of carbonyl (C=O) groups excluding carboxylic acids is 1. The Morgan fingerprint density at radius 1 is 0.972 bits per heavy atom. The fraction of sp³-hybridized carbons (Fsp3) is 0.207. The normalized spacial score (nSPS) is 15.8. The number of halogens is 1.